The highest BCUT2D eigenvalue weighted by Crippen LogP contribution is 2.21. The molecule has 0 aliphatic carbocycles. The van der Waals surface area contributed by atoms with E-state index in [-0.39, 0.29) is 6.04 Å². The zero-order valence-corrected chi connectivity index (χ0v) is 11.1. The van der Waals surface area contributed by atoms with Crippen LogP contribution in [0.15, 0.2) is 34.9 Å². The molecule has 0 saturated heterocycles. The normalized spacial score (nSPS) is 12.1. The number of nitrogens with two attached hydrogens (primary N) is 1. The second-order valence-corrected chi connectivity index (χ2v) is 4.53. The standard InChI is InChI=1S/C13H15N3OS/c1-8-5-6-10(12(14)18)13(15-8)16-9(2)11-4-3-7-17-11/h3-7,9H,1-2H3,(H2,14,18)(H,15,16). The van der Waals surface area contributed by atoms with Crippen LogP contribution in [0, 0.1) is 6.92 Å². The second kappa shape index (κ2) is 5.18. The Morgan fingerprint density at radius 2 is 2.22 bits per heavy atom. The Kier molecular flexibility index (Phi) is 3.62. The van der Waals surface area contributed by atoms with Gasteiger partial charge in [0.05, 0.1) is 17.9 Å². The first-order valence-corrected chi connectivity index (χ1v) is 6.06. The Labute approximate surface area is 111 Å². The molecule has 2 rings (SSSR count). The number of nitrogens with one attached hydrogen (secondary N) is 1. The topological polar surface area (TPSA) is 64.1 Å². The van der Waals surface area contributed by atoms with Crippen LogP contribution in [0.4, 0.5) is 5.82 Å². The molecule has 0 amide bonds. The third-order valence-corrected chi connectivity index (χ3v) is 2.84. The summed E-state index contributed by atoms with van der Waals surface area (Å²) in [4.78, 5) is 4.75. The molecule has 1 atom stereocenters. The van der Waals surface area contributed by atoms with Gasteiger partial charge in [-0.05, 0) is 38.1 Å². The number of aromatic nitrogens is 1. The molecule has 0 saturated carbocycles. The number of aryl methyl sites for hydroxylation is 1. The molecule has 5 heteroatoms. The number of hydrogen-bond acceptors (Lipinski definition) is 4. The lowest BCUT2D eigenvalue weighted by Crippen LogP contribution is -2.16. The highest BCUT2D eigenvalue weighted by Gasteiger charge is 2.13. The van der Waals surface area contributed by atoms with Crippen molar-refractivity contribution in [3.05, 3.63) is 47.5 Å². The SMILES string of the molecule is Cc1ccc(C(N)=S)c(NC(C)c2ccco2)n1. The maximum Gasteiger partial charge on any atom is 0.137 e. The zero-order chi connectivity index (χ0) is 13.1. The van der Waals surface area contributed by atoms with Gasteiger partial charge in [0.15, 0.2) is 0 Å². The Balaban J connectivity index is 2.28. The van der Waals surface area contributed by atoms with Gasteiger partial charge in [-0.25, -0.2) is 4.98 Å². The van der Waals surface area contributed by atoms with Crippen LogP contribution in [-0.4, -0.2) is 9.97 Å². The molecule has 2 aromatic rings. The minimum absolute atomic E-state index is 0.00222. The lowest BCUT2D eigenvalue weighted by molar-refractivity contribution is 0.490. The van der Waals surface area contributed by atoms with Gasteiger partial charge in [-0.3, -0.25) is 0 Å². The van der Waals surface area contributed by atoms with E-state index in [0.29, 0.717) is 10.8 Å². The van der Waals surface area contributed by atoms with Gasteiger partial charge in [-0.15, -0.1) is 0 Å². The summed E-state index contributed by atoms with van der Waals surface area (Å²) >= 11 is 5.02. The van der Waals surface area contributed by atoms with E-state index in [1.165, 1.54) is 0 Å². The van der Waals surface area contributed by atoms with E-state index in [2.05, 4.69) is 10.3 Å². The zero-order valence-electron chi connectivity index (χ0n) is 10.3. The third-order valence-electron chi connectivity index (χ3n) is 2.62. The molecule has 0 radical (unpaired) electrons. The monoisotopic (exact) mass is 261 g/mol. The van der Waals surface area contributed by atoms with Gasteiger partial charge in [0.25, 0.3) is 0 Å². The van der Waals surface area contributed by atoms with Crippen molar-refractivity contribution in [2.24, 2.45) is 5.73 Å². The van der Waals surface area contributed by atoms with Gasteiger partial charge in [0.2, 0.25) is 0 Å². The van der Waals surface area contributed by atoms with Gasteiger partial charge in [0, 0.05) is 5.69 Å². The number of furan rings is 1. The number of rotatable bonds is 4. The Morgan fingerprint density at radius 3 is 2.83 bits per heavy atom. The van der Waals surface area contributed by atoms with Crippen molar-refractivity contribution < 1.29 is 4.42 Å². The van der Waals surface area contributed by atoms with Crippen molar-refractivity contribution >= 4 is 23.0 Å². The molecule has 1 unspecified atom stereocenters. The maximum atomic E-state index is 5.69. The average Bonchev–Trinajstić information content (AvgIpc) is 2.81. The summed E-state index contributed by atoms with van der Waals surface area (Å²) in [7, 11) is 0. The van der Waals surface area contributed by atoms with Crippen LogP contribution in [0.25, 0.3) is 0 Å². The highest BCUT2D eigenvalue weighted by molar-refractivity contribution is 7.80. The van der Waals surface area contributed by atoms with E-state index in [1.807, 2.05) is 38.1 Å². The van der Waals surface area contributed by atoms with Crippen LogP contribution in [0.1, 0.15) is 30.0 Å². The van der Waals surface area contributed by atoms with Crippen LogP contribution in [0.3, 0.4) is 0 Å². The number of pyridine rings is 1. The molecule has 0 aliphatic rings. The van der Waals surface area contributed by atoms with Crippen molar-refractivity contribution in [3.8, 4) is 0 Å². The molecule has 2 heterocycles. The molecular formula is C13H15N3OS. The Morgan fingerprint density at radius 1 is 1.44 bits per heavy atom. The lowest BCUT2D eigenvalue weighted by atomic mass is 10.2. The van der Waals surface area contributed by atoms with E-state index in [4.69, 9.17) is 22.4 Å². The van der Waals surface area contributed by atoms with E-state index in [1.54, 1.807) is 6.26 Å². The van der Waals surface area contributed by atoms with E-state index < -0.39 is 0 Å². The largest absolute Gasteiger partial charge is 0.467 e. The molecule has 18 heavy (non-hydrogen) atoms. The predicted molar refractivity (Wildman–Crippen MR) is 75.6 cm³/mol. The number of anilines is 1. The van der Waals surface area contributed by atoms with Gasteiger partial charge in [-0.2, -0.15) is 0 Å². The van der Waals surface area contributed by atoms with Gasteiger partial charge in [0.1, 0.15) is 16.6 Å². The Hall–Kier alpha value is -1.88. The van der Waals surface area contributed by atoms with E-state index in [9.17, 15) is 0 Å². The summed E-state index contributed by atoms with van der Waals surface area (Å²) in [6.45, 7) is 3.91. The molecule has 94 valence electrons. The van der Waals surface area contributed by atoms with Crippen LogP contribution in [0.5, 0.6) is 0 Å². The average molecular weight is 261 g/mol. The number of thiocarbonyl (C=S) groups is 1. The number of nitrogens with zero attached hydrogens (tertiary/aromatic N) is 1. The van der Waals surface area contributed by atoms with Crippen LogP contribution >= 0.6 is 12.2 Å². The first kappa shape index (κ1) is 12.6. The van der Waals surface area contributed by atoms with Gasteiger partial charge >= 0.3 is 0 Å². The molecule has 0 bridgehead atoms. The van der Waals surface area contributed by atoms with Gasteiger partial charge in [-0.1, -0.05) is 12.2 Å². The summed E-state index contributed by atoms with van der Waals surface area (Å²) in [6, 6.07) is 7.53. The second-order valence-electron chi connectivity index (χ2n) is 4.09. The van der Waals surface area contributed by atoms with Crippen LogP contribution in [-0.2, 0) is 0 Å². The van der Waals surface area contributed by atoms with Crippen molar-refractivity contribution in [2.75, 3.05) is 5.32 Å². The quantitative estimate of drug-likeness (QED) is 0.829. The molecule has 0 spiro atoms. The number of hydrogen-bond donors (Lipinski definition) is 2. The summed E-state index contributed by atoms with van der Waals surface area (Å²) < 4.78 is 5.34. The Bertz CT molecular complexity index is 551. The highest BCUT2D eigenvalue weighted by atomic mass is 32.1. The first-order valence-electron chi connectivity index (χ1n) is 5.65. The van der Waals surface area contributed by atoms with Crippen LogP contribution < -0.4 is 11.1 Å². The smallest absolute Gasteiger partial charge is 0.137 e. The first-order chi connectivity index (χ1) is 8.58. The van der Waals surface area contributed by atoms with Crippen LogP contribution in [0.2, 0.25) is 0 Å². The molecule has 3 N–H and O–H groups in total. The molecule has 2 aromatic heterocycles. The summed E-state index contributed by atoms with van der Waals surface area (Å²) in [6.07, 6.45) is 1.64. The van der Waals surface area contributed by atoms with E-state index >= 15 is 0 Å². The molecule has 0 aromatic carbocycles. The summed E-state index contributed by atoms with van der Waals surface area (Å²) in [5.41, 5.74) is 7.34. The summed E-state index contributed by atoms with van der Waals surface area (Å²) in [5.74, 6) is 1.53. The fourth-order valence-electron chi connectivity index (χ4n) is 1.68. The molecule has 0 aliphatic heterocycles. The van der Waals surface area contributed by atoms with E-state index in [0.717, 1.165) is 17.0 Å². The fraction of sp³-hybridized carbons (Fsp3) is 0.231. The van der Waals surface area contributed by atoms with Gasteiger partial charge < -0.3 is 15.5 Å². The fourth-order valence-corrected chi connectivity index (χ4v) is 1.84. The third kappa shape index (κ3) is 2.68. The van der Waals surface area contributed by atoms with Crippen molar-refractivity contribution in [2.45, 2.75) is 19.9 Å². The van der Waals surface area contributed by atoms with Crippen molar-refractivity contribution in [1.82, 2.24) is 4.98 Å². The minimum atomic E-state index is 0.00222. The van der Waals surface area contributed by atoms with Crippen molar-refractivity contribution in [1.29, 1.82) is 0 Å². The maximum absolute atomic E-state index is 5.69. The minimum Gasteiger partial charge on any atom is -0.467 e. The van der Waals surface area contributed by atoms with Crippen molar-refractivity contribution in [3.63, 3.8) is 0 Å². The molecule has 0 fully saturated rings. The molecule has 4 nitrogen and oxygen atoms in total. The lowest BCUT2D eigenvalue weighted by Gasteiger charge is -2.15. The predicted octanol–water partition coefficient (Wildman–Crippen LogP) is 2.79. The molecular weight excluding hydrogens is 246 g/mol. The summed E-state index contributed by atoms with van der Waals surface area (Å²) in [5, 5.41) is 3.26.